The number of aryl methyl sites for hydroxylation is 1. The number of nitrogens with one attached hydrogen (secondary N) is 1. The number of fused-ring (bicyclic) bond motifs is 1. The van der Waals surface area contributed by atoms with Gasteiger partial charge >= 0.3 is 17.3 Å². The van der Waals surface area contributed by atoms with Crippen molar-refractivity contribution in [1.29, 1.82) is 0 Å². The molecule has 0 unspecified atom stereocenters. The maximum Gasteiger partial charge on any atom is 0.409 e. The fourth-order valence-corrected chi connectivity index (χ4v) is 3.04. The van der Waals surface area contributed by atoms with Gasteiger partial charge in [0.25, 0.3) is 0 Å². The maximum absolute atomic E-state index is 12.2. The number of aromatic nitrogens is 3. The molecular weight excluding hydrogens is 284 g/mol. The van der Waals surface area contributed by atoms with Gasteiger partial charge in [-0.2, -0.15) is 4.40 Å². The topological polar surface area (TPSA) is 70.7 Å². The van der Waals surface area contributed by atoms with E-state index in [1.54, 1.807) is 9.47 Å². The van der Waals surface area contributed by atoms with Crippen LogP contribution in [-0.2, 0) is 11.8 Å². The fraction of sp³-hybridized carbons (Fsp3) is 0.533. The zero-order valence-electron chi connectivity index (χ0n) is 12.9. The van der Waals surface area contributed by atoms with Gasteiger partial charge in [0.05, 0.1) is 19.3 Å². The van der Waals surface area contributed by atoms with Crippen molar-refractivity contribution >= 4 is 11.7 Å². The average molecular weight is 305 g/mol. The Labute approximate surface area is 128 Å². The molecule has 0 bridgehead atoms. The van der Waals surface area contributed by atoms with E-state index in [1.165, 1.54) is 0 Å². The number of carbonyl (C=O) groups excluding carboxylic acids is 1. The SMILES string of the molecule is CCOC(=O)N1CCC(c2cn3cc[n+](C)c3c(=O)[nH]2)CC1. The van der Waals surface area contributed by atoms with E-state index in [9.17, 15) is 9.59 Å². The predicted molar refractivity (Wildman–Crippen MR) is 79.8 cm³/mol. The molecule has 0 aromatic carbocycles. The van der Waals surface area contributed by atoms with Crippen LogP contribution in [0.25, 0.3) is 5.65 Å². The number of likely N-dealkylation sites (tertiary alicyclic amines) is 1. The highest BCUT2D eigenvalue weighted by Crippen LogP contribution is 2.26. The molecule has 118 valence electrons. The number of aromatic amines is 1. The third-order valence-corrected chi connectivity index (χ3v) is 4.23. The smallest absolute Gasteiger partial charge is 0.409 e. The van der Waals surface area contributed by atoms with E-state index in [-0.39, 0.29) is 17.6 Å². The molecule has 0 atom stereocenters. The van der Waals surface area contributed by atoms with E-state index in [2.05, 4.69) is 4.98 Å². The summed E-state index contributed by atoms with van der Waals surface area (Å²) < 4.78 is 8.67. The maximum atomic E-state index is 12.2. The van der Waals surface area contributed by atoms with Crippen LogP contribution < -0.4 is 10.1 Å². The lowest BCUT2D eigenvalue weighted by Crippen LogP contribution is -2.39. The van der Waals surface area contributed by atoms with Crippen LogP contribution in [0.1, 0.15) is 31.4 Å². The van der Waals surface area contributed by atoms with Gasteiger partial charge in [-0.3, -0.25) is 4.79 Å². The second-order valence-electron chi connectivity index (χ2n) is 5.64. The Bertz CT molecular complexity index is 741. The number of amides is 1. The van der Waals surface area contributed by atoms with Gasteiger partial charge in [-0.25, -0.2) is 9.36 Å². The van der Waals surface area contributed by atoms with Crippen molar-refractivity contribution in [3.63, 3.8) is 0 Å². The van der Waals surface area contributed by atoms with E-state index in [0.717, 1.165) is 18.5 Å². The van der Waals surface area contributed by atoms with Gasteiger partial charge < -0.3 is 14.6 Å². The average Bonchev–Trinajstić information content (AvgIpc) is 2.89. The first-order valence-electron chi connectivity index (χ1n) is 7.61. The molecule has 2 aromatic rings. The summed E-state index contributed by atoms with van der Waals surface area (Å²) in [6.45, 7) is 3.52. The second-order valence-corrected chi connectivity index (χ2v) is 5.64. The molecule has 3 rings (SSSR count). The summed E-state index contributed by atoms with van der Waals surface area (Å²) in [5.41, 5.74) is 1.46. The van der Waals surface area contributed by atoms with Crippen LogP contribution in [-0.4, -0.2) is 40.1 Å². The van der Waals surface area contributed by atoms with Gasteiger partial charge in [0.2, 0.25) is 0 Å². The Kier molecular flexibility index (Phi) is 3.87. The second kappa shape index (κ2) is 5.82. The third kappa shape index (κ3) is 2.58. The van der Waals surface area contributed by atoms with Crippen LogP contribution in [0.15, 0.2) is 23.4 Å². The molecule has 7 nitrogen and oxygen atoms in total. The number of hydrogen-bond acceptors (Lipinski definition) is 3. The summed E-state index contributed by atoms with van der Waals surface area (Å²) in [4.78, 5) is 28.6. The first-order chi connectivity index (χ1) is 10.6. The first kappa shape index (κ1) is 14.6. The van der Waals surface area contributed by atoms with Crippen molar-refractivity contribution in [1.82, 2.24) is 14.3 Å². The molecule has 7 heteroatoms. The Balaban J connectivity index is 1.76. The lowest BCUT2D eigenvalue weighted by atomic mass is 9.94. The van der Waals surface area contributed by atoms with Crippen molar-refractivity contribution in [3.8, 4) is 0 Å². The van der Waals surface area contributed by atoms with Gasteiger partial charge in [-0.15, -0.1) is 0 Å². The molecule has 1 N–H and O–H groups in total. The van der Waals surface area contributed by atoms with E-state index in [4.69, 9.17) is 4.74 Å². The molecule has 1 saturated heterocycles. The summed E-state index contributed by atoms with van der Waals surface area (Å²) in [5, 5.41) is 0. The van der Waals surface area contributed by atoms with Crippen LogP contribution in [0.4, 0.5) is 4.79 Å². The van der Waals surface area contributed by atoms with Gasteiger partial charge in [0.15, 0.2) is 0 Å². The molecular formula is C15H21N4O3+. The largest absolute Gasteiger partial charge is 0.450 e. The normalized spacial score (nSPS) is 16.2. The highest BCUT2D eigenvalue weighted by molar-refractivity contribution is 5.67. The van der Waals surface area contributed by atoms with Gasteiger partial charge in [0.1, 0.15) is 18.6 Å². The van der Waals surface area contributed by atoms with E-state index in [1.807, 2.05) is 37.0 Å². The Morgan fingerprint density at radius 2 is 2.18 bits per heavy atom. The van der Waals surface area contributed by atoms with Crippen molar-refractivity contribution in [2.24, 2.45) is 7.05 Å². The third-order valence-electron chi connectivity index (χ3n) is 4.23. The Morgan fingerprint density at radius 3 is 2.86 bits per heavy atom. The Hall–Kier alpha value is -2.31. The standard InChI is InChI=1S/C15H20N4O3/c1-3-22-15(21)18-6-4-11(5-7-18)12-10-19-9-8-17(2)14(19)13(20)16-12/h8-11H,3-7H2,1-2H3/p+1. The number of H-pyrrole nitrogens is 1. The predicted octanol–water partition coefficient (Wildman–Crippen LogP) is 0.788. The quantitative estimate of drug-likeness (QED) is 0.834. The minimum absolute atomic E-state index is 0.0853. The summed E-state index contributed by atoms with van der Waals surface area (Å²) in [7, 11) is 1.85. The number of hydrogen-bond donors (Lipinski definition) is 1. The van der Waals surface area contributed by atoms with E-state index in [0.29, 0.717) is 25.3 Å². The molecule has 0 saturated carbocycles. The summed E-state index contributed by atoms with van der Waals surface area (Å²) >= 11 is 0. The van der Waals surface area contributed by atoms with E-state index >= 15 is 0 Å². The van der Waals surface area contributed by atoms with Crippen molar-refractivity contribution in [2.45, 2.75) is 25.7 Å². The van der Waals surface area contributed by atoms with Crippen LogP contribution in [0.3, 0.4) is 0 Å². The number of rotatable bonds is 2. The highest BCUT2D eigenvalue weighted by Gasteiger charge is 2.26. The van der Waals surface area contributed by atoms with Crippen LogP contribution in [0, 0.1) is 0 Å². The molecule has 1 amide bonds. The number of imidazole rings is 1. The lowest BCUT2D eigenvalue weighted by molar-refractivity contribution is -0.645. The first-order valence-corrected chi connectivity index (χ1v) is 7.61. The van der Waals surface area contributed by atoms with Crippen LogP contribution in [0.2, 0.25) is 0 Å². The van der Waals surface area contributed by atoms with Gasteiger partial charge in [-0.1, -0.05) is 0 Å². The summed E-state index contributed by atoms with van der Waals surface area (Å²) in [6, 6.07) is 0. The molecule has 2 aromatic heterocycles. The van der Waals surface area contributed by atoms with Crippen molar-refractivity contribution in [2.75, 3.05) is 19.7 Å². The molecule has 1 aliphatic heterocycles. The summed E-state index contributed by atoms with van der Waals surface area (Å²) in [6.07, 6.45) is 7.12. The van der Waals surface area contributed by atoms with Crippen LogP contribution >= 0.6 is 0 Å². The number of carbonyl (C=O) groups is 1. The van der Waals surface area contributed by atoms with Crippen LogP contribution in [0.5, 0.6) is 0 Å². The molecule has 3 heterocycles. The van der Waals surface area contributed by atoms with Crippen molar-refractivity contribution < 1.29 is 14.1 Å². The lowest BCUT2D eigenvalue weighted by Gasteiger charge is -2.30. The number of piperidine rings is 1. The number of ether oxygens (including phenoxy) is 1. The van der Waals surface area contributed by atoms with Crippen molar-refractivity contribution in [3.05, 3.63) is 34.6 Å². The van der Waals surface area contributed by atoms with Gasteiger partial charge in [-0.05, 0) is 19.8 Å². The van der Waals surface area contributed by atoms with E-state index < -0.39 is 0 Å². The minimum Gasteiger partial charge on any atom is -0.450 e. The molecule has 1 aliphatic rings. The minimum atomic E-state index is -0.248. The zero-order chi connectivity index (χ0) is 15.7. The monoisotopic (exact) mass is 305 g/mol. The molecule has 0 spiro atoms. The molecule has 0 aliphatic carbocycles. The number of nitrogens with zero attached hydrogens (tertiary/aromatic N) is 3. The highest BCUT2D eigenvalue weighted by atomic mass is 16.6. The molecule has 1 fully saturated rings. The Morgan fingerprint density at radius 1 is 1.45 bits per heavy atom. The fourth-order valence-electron chi connectivity index (χ4n) is 3.04. The zero-order valence-corrected chi connectivity index (χ0v) is 12.9. The summed E-state index contributed by atoms with van der Waals surface area (Å²) in [5.74, 6) is 0.260. The molecule has 0 radical (unpaired) electrons. The van der Waals surface area contributed by atoms with Gasteiger partial charge in [0, 0.05) is 19.0 Å². The molecule has 22 heavy (non-hydrogen) atoms.